The van der Waals surface area contributed by atoms with Gasteiger partial charge in [0.15, 0.2) is 5.11 Å². The molecule has 0 amide bonds. The second-order valence-electron chi connectivity index (χ2n) is 8.20. The number of aromatic nitrogens is 2. The number of carbonyl (C=O) groups excluding carboxylic acids is 1. The van der Waals surface area contributed by atoms with Gasteiger partial charge in [0.25, 0.3) is 0 Å². The summed E-state index contributed by atoms with van der Waals surface area (Å²) in [5, 5.41) is 12.0. The van der Waals surface area contributed by atoms with Crippen LogP contribution in [-0.4, -0.2) is 34.6 Å². The number of fused-ring (bicyclic) bond motifs is 1. The minimum atomic E-state index is -0.281. The summed E-state index contributed by atoms with van der Waals surface area (Å²) in [7, 11) is 1.66. The molecule has 2 heterocycles. The first-order valence-corrected chi connectivity index (χ1v) is 12.8. The van der Waals surface area contributed by atoms with Gasteiger partial charge in [0, 0.05) is 11.1 Å². The van der Waals surface area contributed by atoms with Gasteiger partial charge in [-0.2, -0.15) is 5.10 Å². The van der Waals surface area contributed by atoms with Crippen LogP contribution in [0.4, 0.5) is 10.7 Å². The third-order valence-corrected chi connectivity index (χ3v) is 7.16. The zero-order valence-corrected chi connectivity index (χ0v) is 21.2. The largest absolute Gasteiger partial charge is 0.497 e. The highest BCUT2D eigenvalue weighted by Crippen LogP contribution is 2.37. The lowest BCUT2D eigenvalue weighted by molar-refractivity contribution is 0.0526. The second-order valence-corrected chi connectivity index (χ2v) is 9.71. The maximum atomic E-state index is 12.8. The van der Waals surface area contributed by atoms with E-state index in [1.807, 2.05) is 42.1 Å². The summed E-state index contributed by atoms with van der Waals surface area (Å²) in [4.78, 5) is 14.1. The highest BCUT2D eigenvalue weighted by Gasteiger charge is 2.25. The predicted molar refractivity (Wildman–Crippen MR) is 140 cm³/mol. The Morgan fingerprint density at radius 2 is 2.03 bits per heavy atom. The third kappa shape index (κ3) is 5.95. The van der Waals surface area contributed by atoms with Crippen molar-refractivity contribution in [1.29, 1.82) is 0 Å². The first-order valence-electron chi connectivity index (χ1n) is 11.6. The molecule has 0 bridgehead atoms. The Bertz CT molecular complexity index is 1150. The van der Waals surface area contributed by atoms with Gasteiger partial charge in [-0.15, -0.1) is 11.3 Å². The molecule has 2 N–H and O–H groups in total. The van der Waals surface area contributed by atoms with Crippen LogP contribution in [-0.2, 0) is 24.1 Å². The van der Waals surface area contributed by atoms with E-state index < -0.39 is 0 Å². The number of benzene rings is 1. The van der Waals surface area contributed by atoms with Crippen molar-refractivity contribution < 1.29 is 14.3 Å². The van der Waals surface area contributed by atoms with E-state index in [-0.39, 0.29) is 5.97 Å². The molecule has 9 heteroatoms. The van der Waals surface area contributed by atoms with Crippen molar-refractivity contribution in [3.8, 4) is 5.75 Å². The van der Waals surface area contributed by atoms with Gasteiger partial charge in [-0.3, -0.25) is 4.68 Å². The molecule has 1 aromatic carbocycles. The van der Waals surface area contributed by atoms with E-state index in [1.165, 1.54) is 17.7 Å². The number of esters is 1. The fraction of sp³-hybridized carbons (Fsp3) is 0.400. The van der Waals surface area contributed by atoms with E-state index >= 15 is 0 Å². The Balaban J connectivity index is 1.46. The quantitative estimate of drug-likeness (QED) is 0.322. The average Bonchev–Trinajstić information content (AvgIpc) is 3.37. The van der Waals surface area contributed by atoms with Gasteiger partial charge >= 0.3 is 5.97 Å². The Morgan fingerprint density at radius 3 is 2.82 bits per heavy atom. The van der Waals surface area contributed by atoms with E-state index in [2.05, 4.69) is 15.7 Å². The van der Waals surface area contributed by atoms with Crippen LogP contribution in [0.5, 0.6) is 5.75 Å². The monoisotopic (exact) mass is 498 g/mol. The molecular formula is C25H30N4O3S2. The van der Waals surface area contributed by atoms with Crippen LogP contribution in [0.15, 0.2) is 36.7 Å². The molecule has 0 saturated heterocycles. The lowest BCUT2D eigenvalue weighted by Crippen LogP contribution is -2.20. The van der Waals surface area contributed by atoms with Crippen LogP contribution in [0.25, 0.3) is 0 Å². The van der Waals surface area contributed by atoms with Crippen molar-refractivity contribution in [2.45, 2.75) is 52.0 Å². The van der Waals surface area contributed by atoms with Crippen LogP contribution in [0.3, 0.4) is 0 Å². The van der Waals surface area contributed by atoms with Crippen LogP contribution in [0.1, 0.15) is 59.0 Å². The normalized spacial score (nSPS) is 13.4. The summed E-state index contributed by atoms with van der Waals surface area (Å²) in [6.07, 6.45) is 10.2. The number of carbonyl (C=O) groups is 1. The molecule has 1 aliphatic carbocycles. The van der Waals surface area contributed by atoms with Gasteiger partial charge in [-0.1, -0.05) is 25.0 Å². The zero-order valence-electron chi connectivity index (χ0n) is 19.6. The van der Waals surface area contributed by atoms with Gasteiger partial charge in [0.1, 0.15) is 10.8 Å². The number of ether oxygens (including phenoxy) is 2. The van der Waals surface area contributed by atoms with E-state index in [1.54, 1.807) is 24.6 Å². The van der Waals surface area contributed by atoms with Gasteiger partial charge in [0.05, 0.1) is 37.7 Å². The highest BCUT2D eigenvalue weighted by atomic mass is 32.1. The SMILES string of the molecule is CCOC(=O)c1c(NC(=S)Nc2cnn(Cc3cccc(OC)c3)c2)sc2c1CCCCCC2. The Labute approximate surface area is 209 Å². The average molecular weight is 499 g/mol. The summed E-state index contributed by atoms with van der Waals surface area (Å²) < 4.78 is 12.5. The van der Waals surface area contributed by atoms with E-state index in [0.29, 0.717) is 23.8 Å². The maximum absolute atomic E-state index is 12.8. The second kappa shape index (κ2) is 11.5. The molecule has 0 radical (unpaired) electrons. The summed E-state index contributed by atoms with van der Waals surface area (Å²) in [5.41, 5.74) is 3.62. The number of anilines is 2. The zero-order chi connectivity index (χ0) is 23.9. The molecule has 0 atom stereocenters. The molecule has 0 unspecified atom stereocenters. The molecule has 180 valence electrons. The molecule has 0 aliphatic heterocycles. The third-order valence-electron chi connectivity index (χ3n) is 5.75. The number of rotatable bonds is 7. The lowest BCUT2D eigenvalue weighted by Gasteiger charge is -2.12. The molecular weight excluding hydrogens is 468 g/mol. The van der Waals surface area contributed by atoms with Gasteiger partial charge in [-0.25, -0.2) is 4.79 Å². The highest BCUT2D eigenvalue weighted by molar-refractivity contribution is 7.80. The first-order chi connectivity index (χ1) is 16.6. The van der Waals surface area contributed by atoms with Crippen LogP contribution >= 0.6 is 23.6 Å². The smallest absolute Gasteiger partial charge is 0.341 e. The summed E-state index contributed by atoms with van der Waals surface area (Å²) >= 11 is 7.19. The molecule has 2 aromatic heterocycles. The number of hydrogen-bond donors (Lipinski definition) is 2. The van der Waals surface area contributed by atoms with Crippen molar-refractivity contribution in [1.82, 2.24) is 9.78 Å². The Kier molecular flexibility index (Phi) is 8.18. The fourth-order valence-corrected chi connectivity index (χ4v) is 5.73. The molecule has 1 aliphatic rings. The van der Waals surface area contributed by atoms with Gasteiger partial charge in [0.2, 0.25) is 0 Å². The van der Waals surface area contributed by atoms with Crippen molar-refractivity contribution in [2.75, 3.05) is 24.4 Å². The Morgan fingerprint density at radius 1 is 1.21 bits per heavy atom. The van der Waals surface area contributed by atoms with Gasteiger partial charge in [-0.05, 0) is 68.1 Å². The fourth-order valence-electron chi connectivity index (χ4n) is 4.16. The van der Waals surface area contributed by atoms with Crippen LogP contribution in [0, 0.1) is 0 Å². The summed E-state index contributed by atoms with van der Waals surface area (Å²) in [5.74, 6) is 0.535. The molecule has 0 saturated carbocycles. The molecule has 4 rings (SSSR count). The number of methoxy groups -OCH3 is 1. The van der Waals surface area contributed by atoms with Crippen LogP contribution in [0.2, 0.25) is 0 Å². The number of nitrogens with zero attached hydrogens (tertiary/aromatic N) is 2. The topological polar surface area (TPSA) is 77.4 Å². The van der Waals surface area contributed by atoms with E-state index in [4.69, 9.17) is 21.7 Å². The Hall–Kier alpha value is -2.91. The van der Waals surface area contributed by atoms with Crippen molar-refractivity contribution in [3.63, 3.8) is 0 Å². The molecule has 0 spiro atoms. The van der Waals surface area contributed by atoms with Crippen LogP contribution < -0.4 is 15.4 Å². The summed E-state index contributed by atoms with van der Waals surface area (Å²) in [6.45, 7) is 2.79. The van der Waals surface area contributed by atoms with Crippen molar-refractivity contribution in [2.24, 2.45) is 0 Å². The minimum Gasteiger partial charge on any atom is -0.497 e. The number of thiophene rings is 1. The maximum Gasteiger partial charge on any atom is 0.341 e. The molecule has 3 aromatic rings. The number of aryl methyl sites for hydroxylation is 1. The van der Waals surface area contributed by atoms with Crippen molar-refractivity contribution >= 4 is 45.3 Å². The lowest BCUT2D eigenvalue weighted by atomic mass is 9.96. The van der Waals surface area contributed by atoms with Crippen molar-refractivity contribution in [3.05, 3.63) is 58.2 Å². The molecule has 0 fully saturated rings. The van der Waals surface area contributed by atoms with Gasteiger partial charge < -0.3 is 20.1 Å². The number of hydrogen-bond acceptors (Lipinski definition) is 6. The number of nitrogens with one attached hydrogen (secondary N) is 2. The number of thiocarbonyl (C=S) groups is 1. The summed E-state index contributed by atoms with van der Waals surface area (Å²) in [6, 6.07) is 7.89. The predicted octanol–water partition coefficient (Wildman–Crippen LogP) is 5.65. The first kappa shape index (κ1) is 24.2. The van der Waals surface area contributed by atoms with E-state index in [9.17, 15) is 4.79 Å². The molecule has 7 nitrogen and oxygen atoms in total. The minimum absolute atomic E-state index is 0.281. The molecule has 34 heavy (non-hydrogen) atoms. The standard InChI is InChI=1S/C25H30N4O3S2/c1-3-32-24(30)22-20-11-6-4-5-7-12-21(20)34-23(22)28-25(33)27-18-14-26-29(16-18)15-17-9-8-10-19(13-17)31-2/h8-10,13-14,16H,3-7,11-12,15H2,1-2H3,(H2,27,28,33). The van der Waals surface area contributed by atoms with E-state index in [0.717, 1.165) is 53.2 Å².